The molecule has 3 heteroatoms. The van der Waals surface area contributed by atoms with Crippen LogP contribution in [0.25, 0.3) is 0 Å². The van der Waals surface area contributed by atoms with Crippen molar-refractivity contribution < 1.29 is 9.84 Å². The summed E-state index contributed by atoms with van der Waals surface area (Å²) in [5.74, 6) is 0.709. The van der Waals surface area contributed by atoms with Gasteiger partial charge in [-0.1, -0.05) is 33.6 Å². The number of aliphatic hydroxyl groups is 1. The van der Waals surface area contributed by atoms with Gasteiger partial charge in [0.15, 0.2) is 0 Å². The SMILES string of the molecule is COc1ccc(C)cc1C(O)c1ccc(Br)cc1C. The van der Waals surface area contributed by atoms with E-state index in [1.807, 2.05) is 50.2 Å². The lowest BCUT2D eigenvalue weighted by Gasteiger charge is -2.18. The topological polar surface area (TPSA) is 29.5 Å². The highest BCUT2D eigenvalue weighted by molar-refractivity contribution is 9.10. The third kappa shape index (κ3) is 2.99. The number of hydrogen-bond acceptors (Lipinski definition) is 2. The highest BCUT2D eigenvalue weighted by Crippen LogP contribution is 2.33. The van der Waals surface area contributed by atoms with Gasteiger partial charge in [-0.2, -0.15) is 0 Å². The maximum absolute atomic E-state index is 10.6. The Hall–Kier alpha value is -1.32. The number of hydrogen-bond donors (Lipinski definition) is 1. The van der Waals surface area contributed by atoms with E-state index in [9.17, 15) is 5.11 Å². The molecule has 100 valence electrons. The van der Waals surface area contributed by atoms with Crippen molar-refractivity contribution in [2.75, 3.05) is 7.11 Å². The van der Waals surface area contributed by atoms with E-state index in [0.717, 1.165) is 26.7 Å². The molecule has 0 aromatic heterocycles. The van der Waals surface area contributed by atoms with Gasteiger partial charge in [0, 0.05) is 10.0 Å². The van der Waals surface area contributed by atoms with Crippen LogP contribution in [0.1, 0.15) is 28.4 Å². The summed E-state index contributed by atoms with van der Waals surface area (Å²) in [6.07, 6.45) is -0.678. The molecule has 0 heterocycles. The van der Waals surface area contributed by atoms with Crippen molar-refractivity contribution in [3.63, 3.8) is 0 Å². The van der Waals surface area contributed by atoms with Crippen LogP contribution in [0.4, 0.5) is 0 Å². The second-order valence-electron chi connectivity index (χ2n) is 4.65. The lowest BCUT2D eigenvalue weighted by molar-refractivity contribution is 0.214. The van der Waals surface area contributed by atoms with Crippen LogP contribution in [0.3, 0.4) is 0 Å². The summed E-state index contributed by atoms with van der Waals surface area (Å²) in [6.45, 7) is 4.00. The summed E-state index contributed by atoms with van der Waals surface area (Å²) in [4.78, 5) is 0. The van der Waals surface area contributed by atoms with Gasteiger partial charge < -0.3 is 9.84 Å². The van der Waals surface area contributed by atoms with E-state index in [0.29, 0.717) is 5.75 Å². The van der Waals surface area contributed by atoms with E-state index in [4.69, 9.17) is 4.74 Å². The van der Waals surface area contributed by atoms with Crippen molar-refractivity contribution in [2.24, 2.45) is 0 Å². The number of aliphatic hydroxyl groups excluding tert-OH is 1. The molecule has 2 aromatic carbocycles. The highest BCUT2D eigenvalue weighted by Gasteiger charge is 2.17. The number of ether oxygens (including phenoxy) is 1. The molecule has 0 amide bonds. The lowest BCUT2D eigenvalue weighted by Crippen LogP contribution is -2.04. The molecule has 0 saturated heterocycles. The molecule has 0 aliphatic rings. The monoisotopic (exact) mass is 320 g/mol. The zero-order valence-corrected chi connectivity index (χ0v) is 12.9. The fourth-order valence-corrected chi connectivity index (χ4v) is 2.66. The first-order valence-electron chi connectivity index (χ1n) is 6.11. The second-order valence-corrected chi connectivity index (χ2v) is 5.56. The summed E-state index contributed by atoms with van der Waals surface area (Å²) < 4.78 is 6.35. The van der Waals surface area contributed by atoms with Crippen LogP contribution < -0.4 is 4.74 Å². The van der Waals surface area contributed by atoms with Gasteiger partial charge in [-0.25, -0.2) is 0 Å². The van der Waals surface area contributed by atoms with Crippen LogP contribution in [0.5, 0.6) is 5.75 Å². The molecule has 0 spiro atoms. The van der Waals surface area contributed by atoms with Gasteiger partial charge >= 0.3 is 0 Å². The van der Waals surface area contributed by atoms with Gasteiger partial charge in [0.2, 0.25) is 0 Å². The van der Waals surface area contributed by atoms with Crippen LogP contribution >= 0.6 is 15.9 Å². The molecule has 0 fully saturated rings. The fourth-order valence-electron chi connectivity index (χ4n) is 2.18. The molecule has 0 aliphatic heterocycles. The van der Waals surface area contributed by atoms with Crippen molar-refractivity contribution in [2.45, 2.75) is 20.0 Å². The van der Waals surface area contributed by atoms with Gasteiger partial charge in [0.1, 0.15) is 11.9 Å². The molecule has 1 N–H and O–H groups in total. The third-order valence-electron chi connectivity index (χ3n) is 3.21. The third-order valence-corrected chi connectivity index (χ3v) is 3.70. The minimum Gasteiger partial charge on any atom is -0.496 e. The summed E-state index contributed by atoms with van der Waals surface area (Å²) in [7, 11) is 1.62. The molecule has 1 unspecified atom stereocenters. The largest absolute Gasteiger partial charge is 0.496 e. The predicted molar refractivity (Wildman–Crippen MR) is 80.7 cm³/mol. The molecule has 19 heavy (non-hydrogen) atoms. The Labute approximate surface area is 122 Å². The molecule has 2 aromatic rings. The molecule has 0 aliphatic carbocycles. The Bertz CT molecular complexity index is 593. The van der Waals surface area contributed by atoms with Gasteiger partial charge in [-0.15, -0.1) is 0 Å². The zero-order chi connectivity index (χ0) is 14.0. The second kappa shape index (κ2) is 5.76. The van der Waals surface area contributed by atoms with Crippen LogP contribution in [-0.2, 0) is 0 Å². The van der Waals surface area contributed by atoms with Crippen molar-refractivity contribution in [1.29, 1.82) is 0 Å². The Balaban J connectivity index is 2.49. The molecule has 1 atom stereocenters. The van der Waals surface area contributed by atoms with Gasteiger partial charge in [-0.3, -0.25) is 0 Å². The van der Waals surface area contributed by atoms with Crippen molar-refractivity contribution in [3.05, 3.63) is 63.1 Å². The van der Waals surface area contributed by atoms with Crippen molar-refractivity contribution in [1.82, 2.24) is 0 Å². The number of halogens is 1. The first kappa shape index (κ1) is 14.1. The maximum atomic E-state index is 10.6. The lowest BCUT2D eigenvalue weighted by atomic mass is 9.96. The Kier molecular flexibility index (Phi) is 4.27. The quantitative estimate of drug-likeness (QED) is 0.920. The number of aryl methyl sites for hydroxylation is 2. The normalized spacial score (nSPS) is 12.3. The molecule has 2 nitrogen and oxygen atoms in total. The molecule has 0 saturated carbocycles. The molecule has 0 radical (unpaired) electrons. The van der Waals surface area contributed by atoms with Crippen LogP contribution in [0.15, 0.2) is 40.9 Å². The van der Waals surface area contributed by atoms with E-state index < -0.39 is 6.10 Å². The minimum absolute atomic E-state index is 0.678. The van der Waals surface area contributed by atoms with Crippen LogP contribution in [0.2, 0.25) is 0 Å². The van der Waals surface area contributed by atoms with Gasteiger partial charge in [0.25, 0.3) is 0 Å². The summed E-state index contributed by atoms with van der Waals surface area (Å²) in [6, 6.07) is 11.7. The van der Waals surface area contributed by atoms with E-state index in [-0.39, 0.29) is 0 Å². The number of benzene rings is 2. The van der Waals surface area contributed by atoms with Crippen LogP contribution in [0, 0.1) is 13.8 Å². The predicted octanol–water partition coefficient (Wildman–Crippen LogP) is 4.16. The average Bonchev–Trinajstić information content (AvgIpc) is 2.38. The van der Waals surface area contributed by atoms with Gasteiger partial charge in [0.05, 0.1) is 7.11 Å². The molecular weight excluding hydrogens is 304 g/mol. The maximum Gasteiger partial charge on any atom is 0.125 e. The number of methoxy groups -OCH3 is 1. The molecular formula is C16H17BrO2. The zero-order valence-electron chi connectivity index (χ0n) is 11.3. The van der Waals surface area contributed by atoms with Crippen molar-refractivity contribution >= 4 is 15.9 Å². The Morgan fingerprint density at radius 1 is 1.05 bits per heavy atom. The van der Waals surface area contributed by atoms with Crippen molar-refractivity contribution in [3.8, 4) is 5.75 Å². The highest BCUT2D eigenvalue weighted by atomic mass is 79.9. The van der Waals surface area contributed by atoms with E-state index in [2.05, 4.69) is 15.9 Å². The minimum atomic E-state index is -0.678. The summed E-state index contributed by atoms with van der Waals surface area (Å²) >= 11 is 3.44. The summed E-state index contributed by atoms with van der Waals surface area (Å²) in [5.41, 5.74) is 3.84. The van der Waals surface area contributed by atoms with E-state index in [1.165, 1.54) is 0 Å². The van der Waals surface area contributed by atoms with Gasteiger partial charge in [-0.05, 0) is 49.2 Å². The number of rotatable bonds is 3. The first-order chi connectivity index (χ1) is 9.02. The average molecular weight is 321 g/mol. The first-order valence-corrected chi connectivity index (χ1v) is 6.91. The Morgan fingerprint density at radius 3 is 2.42 bits per heavy atom. The van der Waals surface area contributed by atoms with Crippen LogP contribution in [-0.4, -0.2) is 12.2 Å². The molecule has 2 rings (SSSR count). The van der Waals surface area contributed by atoms with E-state index in [1.54, 1.807) is 7.11 Å². The summed E-state index contributed by atoms with van der Waals surface area (Å²) in [5, 5.41) is 10.6. The smallest absolute Gasteiger partial charge is 0.125 e. The standard InChI is InChI=1S/C16H17BrO2/c1-10-4-7-15(19-3)14(8-10)16(18)13-6-5-12(17)9-11(13)2/h4-9,16,18H,1-3H3. The molecule has 0 bridgehead atoms. The Morgan fingerprint density at radius 2 is 1.79 bits per heavy atom. The van der Waals surface area contributed by atoms with E-state index >= 15 is 0 Å². The fraction of sp³-hybridized carbons (Fsp3) is 0.250.